The Hall–Kier alpha value is -2.21. The molecule has 0 atom stereocenters. The van der Waals surface area contributed by atoms with Crippen molar-refractivity contribution in [3.8, 4) is 0 Å². The predicted molar refractivity (Wildman–Crippen MR) is 78.7 cm³/mol. The molecule has 0 aromatic carbocycles. The Labute approximate surface area is 120 Å². The van der Waals surface area contributed by atoms with Gasteiger partial charge in [0.2, 0.25) is 0 Å². The highest BCUT2D eigenvalue weighted by atomic mass is 32.1. The van der Waals surface area contributed by atoms with Gasteiger partial charge in [0.1, 0.15) is 0 Å². The lowest BCUT2D eigenvalue weighted by atomic mass is 10.1. The van der Waals surface area contributed by atoms with Gasteiger partial charge in [-0.3, -0.25) is 9.48 Å². The molecule has 0 saturated carbocycles. The van der Waals surface area contributed by atoms with Crippen LogP contribution in [0.1, 0.15) is 20.9 Å². The molecule has 3 rings (SSSR count). The van der Waals surface area contributed by atoms with Gasteiger partial charge in [0, 0.05) is 17.6 Å². The number of carbonyl (C=O) groups is 1. The molecule has 0 aliphatic rings. The Bertz CT molecular complexity index is 761. The Morgan fingerprint density at radius 3 is 3.10 bits per heavy atom. The van der Waals surface area contributed by atoms with Crippen molar-refractivity contribution < 1.29 is 4.79 Å². The number of carbonyl (C=O) groups excluding carboxylic acids is 1. The maximum atomic E-state index is 12.3. The quantitative estimate of drug-likeness (QED) is 0.803. The van der Waals surface area contributed by atoms with Crippen LogP contribution in [0.2, 0.25) is 0 Å². The van der Waals surface area contributed by atoms with Crippen LogP contribution in [0.15, 0.2) is 29.8 Å². The molecule has 0 bridgehead atoms. The Kier molecular flexibility index (Phi) is 3.23. The Morgan fingerprint density at radius 2 is 2.35 bits per heavy atom. The molecule has 1 amide bonds. The van der Waals surface area contributed by atoms with Gasteiger partial charge in [-0.2, -0.15) is 5.10 Å². The summed E-state index contributed by atoms with van der Waals surface area (Å²) >= 11 is 1.63. The van der Waals surface area contributed by atoms with Gasteiger partial charge in [-0.25, -0.2) is 4.98 Å². The van der Waals surface area contributed by atoms with E-state index in [-0.39, 0.29) is 5.91 Å². The maximum absolute atomic E-state index is 12.3. The maximum Gasteiger partial charge on any atom is 0.252 e. The zero-order chi connectivity index (χ0) is 14.1. The van der Waals surface area contributed by atoms with Crippen LogP contribution in [0, 0.1) is 6.92 Å². The van der Waals surface area contributed by atoms with Gasteiger partial charge >= 0.3 is 0 Å². The van der Waals surface area contributed by atoms with Crippen molar-refractivity contribution in [2.24, 2.45) is 7.05 Å². The van der Waals surface area contributed by atoms with Crippen molar-refractivity contribution in [1.82, 2.24) is 20.1 Å². The van der Waals surface area contributed by atoms with Crippen molar-refractivity contribution in [1.29, 1.82) is 0 Å². The van der Waals surface area contributed by atoms with Crippen molar-refractivity contribution >= 4 is 28.3 Å². The second kappa shape index (κ2) is 5.05. The zero-order valence-corrected chi connectivity index (χ0v) is 12.1. The fraction of sp³-hybridized carbons (Fsp3) is 0.214. The van der Waals surface area contributed by atoms with E-state index >= 15 is 0 Å². The van der Waals surface area contributed by atoms with Gasteiger partial charge in [-0.05, 0) is 24.4 Å². The number of aromatic nitrogens is 3. The smallest absolute Gasteiger partial charge is 0.252 e. The normalized spacial score (nSPS) is 10.9. The van der Waals surface area contributed by atoms with Crippen LogP contribution in [-0.4, -0.2) is 20.7 Å². The van der Waals surface area contributed by atoms with Gasteiger partial charge in [0.05, 0.1) is 23.7 Å². The number of aryl methyl sites for hydroxylation is 2. The first kappa shape index (κ1) is 12.8. The van der Waals surface area contributed by atoms with E-state index in [1.54, 1.807) is 28.3 Å². The lowest BCUT2D eigenvalue weighted by Gasteiger charge is -2.06. The third-order valence-corrected chi connectivity index (χ3v) is 3.96. The first-order valence-corrected chi connectivity index (χ1v) is 7.13. The van der Waals surface area contributed by atoms with E-state index in [9.17, 15) is 4.79 Å². The molecule has 0 unspecified atom stereocenters. The molecular formula is C14H14N4OS. The summed E-state index contributed by atoms with van der Waals surface area (Å²) in [7, 11) is 1.82. The summed E-state index contributed by atoms with van der Waals surface area (Å²) in [6, 6.07) is 5.78. The third kappa shape index (κ3) is 2.30. The summed E-state index contributed by atoms with van der Waals surface area (Å²) in [4.78, 5) is 17.9. The van der Waals surface area contributed by atoms with Crippen LogP contribution >= 0.6 is 11.3 Å². The number of rotatable bonds is 3. The molecule has 5 nitrogen and oxygen atoms in total. The van der Waals surface area contributed by atoms with Gasteiger partial charge in [-0.15, -0.1) is 11.3 Å². The lowest BCUT2D eigenvalue weighted by Crippen LogP contribution is -2.22. The number of thiophene rings is 1. The van der Waals surface area contributed by atoms with E-state index in [1.807, 2.05) is 31.5 Å². The predicted octanol–water partition coefficient (Wildman–Crippen LogP) is 2.27. The van der Waals surface area contributed by atoms with Crippen LogP contribution in [0.25, 0.3) is 11.0 Å². The number of fused-ring (bicyclic) bond motifs is 1. The van der Waals surface area contributed by atoms with Gasteiger partial charge < -0.3 is 5.32 Å². The monoisotopic (exact) mass is 286 g/mol. The van der Waals surface area contributed by atoms with Crippen molar-refractivity contribution in [3.05, 3.63) is 45.9 Å². The second-order valence-corrected chi connectivity index (χ2v) is 5.61. The summed E-state index contributed by atoms with van der Waals surface area (Å²) in [6.45, 7) is 2.42. The third-order valence-electron chi connectivity index (χ3n) is 3.08. The van der Waals surface area contributed by atoms with Crippen molar-refractivity contribution in [2.75, 3.05) is 0 Å². The fourth-order valence-corrected chi connectivity index (χ4v) is 2.75. The minimum Gasteiger partial charge on any atom is -0.347 e. The molecule has 20 heavy (non-hydrogen) atoms. The zero-order valence-electron chi connectivity index (χ0n) is 11.3. The van der Waals surface area contributed by atoms with E-state index < -0.39 is 0 Å². The fourth-order valence-electron chi connectivity index (χ4n) is 2.10. The van der Waals surface area contributed by atoms with Crippen LogP contribution in [0.4, 0.5) is 0 Å². The molecule has 0 aliphatic carbocycles. The molecule has 0 fully saturated rings. The standard InChI is InChI=1S/C14H14N4OS/c1-9-6-11(12-8-16-18(2)13(12)17-9)14(19)15-7-10-4-3-5-20-10/h3-6,8H,7H2,1-2H3,(H,15,19). The van der Waals surface area contributed by atoms with E-state index in [0.29, 0.717) is 12.1 Å². The number of nitrogens with one attached hydrogen (secondary N) is 1. The largest absolute Gasteiger partial charge is 0.347 e. The number of hydrogen-bond acceptors (Lipinski definition) is 4. The molecule has 6 heteroatoms. The molecule has 1 N–H and O–H groups in total. The summed E-state index contributed by atoms with van der Waals surface area (Å²) in [5, 5.41) is 9.88. The molecule has 0 spiro atoms. The van der Waals surface area contributed by atoms with E-state index in [0.717, 1.165) is 21.6 Å². The molecule has 102 valence electrons. The van der Waals surface area contributed by atoms with E-state index in [2.05, 4.69) is 15.4 Å². The van der Waals surface area contributed by atoms with Crippen molar-refractivity contribution in [2.45, 2.75) is 13.5 Å². The van der Waals surface area contributed by atoms with E-state index in [4.69, 9.17) is 0 Å². The minimum absolute atomic E-state index is 0.0955. The molecule has 3 aromatic heterocycles. The van der Waals surface area contributed by atoms with Crippen molar-refractivity contribution in [3.63, 3.8) is 0 Å². The average Bonchev–Trinajstić information content (AvgIpc) is 3.06. The average molecular weight is 286 g/mol. The molecule has 0 radical (unpaired) electrons. The number of amides is 1. The van der Waals surface area contributed by atoms with Crippen LogP contribution < -0.4 is 5.32 Å². The van der Waals surface area contributed by atoms with Crippen LogP contribution in [-0.2, 0) is 13.6 Å². The number of hydrogen-bond donors (Lipinski definition) is 1. The molecule has 3 heterocycles. The topological polar surface area (TPSA) is 59.8 Å². The first-order chi connectivity index (χ1) is 9.65. The summed E-state index contributed by atoms with van der Waals surface area (Å²) < 4.78 is 1.68. The molecular weight excluding hydrogens is 272 g/mol. The van der Waals surface area contributed by atoms with Crippen LogP contribution in [0.3, 0.4) is 0 Å². The number of pyridine rings is 1. The van der Waals surface area contributed by atoms with Gasteiger partial charge in [-0.1, -0.05) is 6.07 Å². The molecule has 0 saturated heterocycles. The summed E-state index contributed by atoms with van der Waals surface area (Å²) in [6.07, 6.45) is 1.68. The lowest BCUT2D eigenvalue weighted by molar-refractivity contribution is 0.0953. The highest BCUT2D eigenvalue weighted by molar-refractivity contribution is 7.09. The highest BCUT2D eigenvalue weighted by Gasteiger charge is 2.14. The summed E-state index contributed by atoms with van der Waals surface area (Å²) in [5.74, 6) is -0.0955. The first-order valence-electron chi connectivity index (χ1n) is 6.25. The minimum atomic E-state index is -0.0955. The SMILES string of the molecule is Cc1cc(C(=O)NCc2cccs2)c2cnn(C)c2n1. The van der Waals surface area contributed by atoms with E-state index in [1.165, 1.54) is 0 Å². The van der Waals surface area contributed by atoms with Crippen LogP contribution in [0.5, 0.6) is 0 Å². The van der Waals surface area contributed by atoms with Gasteiger partial charge in [0.25, 0.3) is 5.91 Å². The Morgan fingerprint density at radius 1 is 1.50 bits per heavy atom. The second-order valence-electron chi connectivity index (χ2n) is 4.58. The van der Waals surface area contributed by atoms with Gasteiger partial charge in [0.15, 0.2) is 5.65 Å². The number of nitrogens with zero attached hydrogens (tertiary/aromatic N) is 3. The Balaban J connectivity index is 1.91. The summed E-state index contributed by atoms with van der Waals surface area (Å²) in [5.41, 5.74) is 2.16. The molecule has 3 aromatic rings. The molecule has 0 aliphatic heterocycles. The highest BCUT2D eigenvalue weighted by Crippen LogP contribution is 2.18.